The predicted molar refractivity (Wildman–Crippen MR) is 94.0 cm³/mol. The molecule has 3 saturated heterocycles. The largest absolute Gasteiger partial charge is 0.443 e. The zero-order valence-electron chi connectivity index (χ0n) is 15.9. The van der Waals surface area contributed by atoms with Gasteiger partial charge in [-0.2, -0.15) is 0 Å². The van der Waals surface area contributed by atoms with Crippen molar-refractivity contribution in [3.63, 3.8) is 0 Å². The molecule has 3 aliphatic rings. The van der Waals surface area contributed by atoms with Gasteiger partial charge in [-0.25, -0.2) is 4.79 Å². The van der Waals surface area contributed by atoms with Gasteiger partial charge in [-0.15, -0.1) is 0 Å². The summed E-state index contributed by atoms with van der Waals surface area (Å²) in [5.74, 6) is -2.90. The van der Waals surface area contributed by atoms with E-state index in [9.17, 15) is 4.79 Å². The second-order valence-corrected chi connectivity index (χ2v) is 7.87. The minimum absolute atomic E-state index is 0.132. The molecule has 3 aliphatic heterocycles. The van der Waals surface area contributed by atoms with E-state index in [1.807, 2.05) is 32.0 Å². The summed E-state index contributed by atoms with van der Waals surface area (Å²) in [6.07, 6.45) is -1.83. The molecule has 8 heteroatoms. The van der Waals surface area contributed by atoms with Crippen molar-refractivity contribution in [2.45, 2.75) is 63.4 Å². The summed E-state index contributed by atoms with van der Waals surface area (Å²) in [6.45, 7) is 7.39. The summed E-state index contributed by atoms with van der Waals surface area (Å²) in [5.41, 5.74) is 0.638. The van der Waals surface area contributed by atoms with Gasteiger partial charge in [0, 0.05) is 5.69 Å². The van der Waals surface area contributed by atoms with Gasteiger partial charge in [0.2, 0.25) is 5.79 Å². The number of nitrogens with one attached hydrogen (secondary N) is 1. The molecule has 8 nitrogen and oxygen atoms in total. The van der Waals surface area contributed by atoms with E-state index >= 15 is 0 Å². The zero-order chi connectivity index (χ0) is 19.3. The number of carbonyl (C=O) groups excluding carboxylic acids is 1. The molecule has 0 aromatic heterocycles. The summed E-state index contributed by atoms with van der Waals surface area (Å²) < 4.78 is 35.4. The van der Waals surface area contributed by atoms with Crippen molar-refractivity contribution in [3.8, 4) is 0 Å². The Hall–Kier alpha value is -1.71. The smallest absolute Gasteiger partial charge is 0.411 e. The van der Waals surface area contributed by atoms with Gasteiger partial charge >= 0.3 is 6.09 Å². The molecule has 1 N–H and O–H groups in total. The molecule has 2 unspecified atom stereocenters. The van der Waals surface area contributed by atoms with Gasteiger partial charge in [-0.05, 0) is 39.8 Å². The molecule has 0 spiro atoms. The van der Waals surface area contributed by atoms with Crippen LogP contribution in [0.15, 0.2) is 30.3 Å². The minimum atomic E-state index is -1.25. The van der Waals surface area contributed by atoms with Crippen molar-refractivity contribution in [1.82, 2.24) is 0 Å². The lowest BCUT2D eigenvalue weighted by molar-refractivity contribution is -0.293. The molecule has 27 heavy (non-hydrogen) atoms. The summed E-state index contributed by atoms with van der Waals surface area (Å²) in [5, 5.41) is 2.67. The monoisotopic (exact) mass is 379 g/mol. The van der Waals surface area contributed by atoms with Crippen LogP contribution in [0.1, 0.15) is 27.7 Å². The first-order chi connectivity index (χ1) is 12.7. The second-order valence-electron chi connectivity index (χ2n) is 7.87. The Morgan fingerprint density at radius 3 is 2.59 bits per heavy atom. The SMILES string of the molecule is CC1(C)OC2C3OC(C)(C)O[C@]3(COC(=O)Nc3ccccc3)OC[C@H]2O1. The summed E-state index contributed by atoms with van der Waals surface area (Å²) >= 11 is 0. The molecule has 0 bridgehead atoms. The van der Waals surface area contributed by atoms with Gasteiger partial charge in [0.1, 0.15) is 18.3 Å². The Morgan fingerprint density at radius 2 is 1.85 bits per heavy atom. The fourth-order valence-electron chi connectivity index (χ4n) is 3.79. The van der Waals surface area contributed by atoms with Gasteiger partial charge in [-0.1, -0.05) is 18.2 Å². The van der Waals surface area contributed by atoms with Gasteiger partial charge < -0.3 is 28.4 Å². The average molecular weight is 379 g/mol. The van der Waals surface area contributed by atoms with E-state index in [0.29, 0.717) is 5.69 Å². The van der Waals surface area contributed by atoms with E-state index in [4.69, 9.17) is 28.4 Å². The van der Waals surface area contributed by atoms with Crippen molar-refractivity contribution in [2.75, 3.05) is 18.5 Å². The molecule has 1 aromatic rings. The Bertz CT molecular complexity index is 707. The van der Waals surface area contributed by atoms with Crippen LogP contribution < -0.4 is 5.32 Å². The molecule has 4 rings (SSSR count). The Morgan fingerprint density at radius 1 is 1.11 bits per heavy atom. The van der Waals surface area contributed by atoms with Crippen LogP contribution in [-0.4, -0.2) is 55.0 Å². The van der Waals surface area contributed by atoms with Crippen LogP contribution >= 0.6 is 0 Å². The molecule has 1 aromatic carbocycles. The zero-order valence-corrected chi connectivity index (χ0v) is 15.9. The normalized spacial score (nSPS) is 35.9. The van der Waals surface area contributed by atoms with E-state index in [2.05, 4.69) is 5.32 Å². The number of para-hydroxylation sites is 1. The summed E-state index contributed by atoms with van der Waals surface area (Å²) in [4.78, 5) is 12.2. The highest BCUT2D eigenvalue weighted by atomic mass is 16.9. The summed E-state index contributed by atoms with van der Waals surface area (Å²) in [6, 6.07) is 9.06. The lowest BCUT2D eigenvalue weighted by atomic mass is 9.97. The molecular weight excluding hydrogens is 354 g/mol. The molecule has 3 fully saturated rings. The van der Waals surface area contributed by atoms with Crippen LogP contribution in [0.2, 0.25) is 0 Å². The minimum Gasteiger partial charge on any atom is -0.443 e. The standard InChI is InChI=1S/C19H25NO7/c1-17(2)24-13-10-23-19(15(14(13)25-17)26-18(3,4)27-19)11-22-16(21)20-12-8-6-5-7-9-12/h5-9,13-15H,10-11H2,1-4H3,(H,20,21)/t13-,14?,15?,19+/m1/s1. The third-order valence-electron chi connectivity index (χ3n) is 4.70. The Labute approximate surface area is 158 Å². The summed E-state index contributed by atoms with van der Waals surface area (Å²) in [7, 11) is 0. The number of benzene rings is 1. The third-order valence-corrected chi connectivity index (χ3v) is 4.70. The number of amides is 1. The quantitative estimate of drug-likeness (QED) is 0.864. The number of hydrogen-bond acceptors (Lipinski definition) is 7. The van der Waals surface area contributed by atoms with Crippen LogP contribution in [0.3, 0.4) is 0 Å². The van der Waals surface area contributed by atoms with Gasteiger partial charge in [0.25, 0.3) is 0 Å². The third kappa shape index (κ3) is 3.68. The Kier molecular flexibility index (Phi) is 4.44. The first kappa shape index (κ1) is 18.6. The van der Waals surface area contributed by atoms with Crippen molar-refractivity contribution in [1.29, 1.82) is 0 Å². The number of carbonyl (C=O) groups is 1. The highest BCUT2D eigenvalue weighted by molar-refractivity contribution is 5.84. The molecule has 4 atom stereocenters. The maximum Gasteiger partial charge on any atom is 0.411 e. The van der Waals surface area contributed by atoms with E-state index < -0.39 is 29.6 Å². The van der Waals surface area contributed by atoms with E-state index in [0.717, 1.165) is 0 Å². The lowest BCUT2D eigenvalue weighted by Crippen LogP contribution is -2.60. The number of ether oxygens (including phenoxy) is 6. The number of anilines is 1. The fourth-order valence-corrected chi connectivity index (χ4v) is 3.79. The van der Waals surface area contributed by atoms with Crippen LogP contribution in [0.25, 0.3) is 0 Å². The molecule has 1 amide bonds. The van der Waals surface area contributed by atoms with Crippen molar-refractivity contribution < 1.29 is 33.2 Å². The topological polar surface area (TPSA) is 84.5 Å². The lowest BCUT2D eigenvalue weighted by Gasteiger charge is -2.40. The molecule has 0 aliphatic carbocycles. The maximum atomic E-state index is 12.2. The van der Waals surface area contributed by atoms with Crippen LogP contribution in [0.5, 0.6) is 0 Å². The number of fused-ring (bicyclic) bond motifs is 3. The predicted octanol–water partition coefficient (Wildman–Crippen LogP) is 2.63. The first-order valence-electron chi connectivity index (χ1n) is 9.05. The molecule has 3 heterocycles. The van der Waals surface area contributed by atoms with E-state index in [1.165, 1.54) is 0 Å². The highest BCUT2D eigenvalue weighted by Crippen LogP contribution is 2.47. The number of rotatable bonds is 3. The van der Waals surface area contributed by atoms with Crippen LogP contribution in [-0.2, 0) is 28.4 Å². The molecule has 148 valence electrons. The first-order valence-corrected chi connectivity index (χ1v) is 9.05. The van der Waals surface area contributed by atoms with Crippen molar-refractivity contribution >= 4 is 11.8 Å². The van der Waals surface area contributed by atoms with Crippen molar-refractivity contribution in [3.05, 3.63) is 30.3 Å². The fraction of sp³-hybridized carbons (Fsp3) is 0.632. The van der Waals surface area contributed by atoms with Gasteiger partial charge in [0.05, 0.1) is 6.61 Å². The highest BCUT2D eigenvalue weighted by Gasteiger charge is 2.65. The van der Waals surface area contributed by atoms with Gasteiger partial charge in [-0.3, -0.25) is 5.32 Å². The van der Waals surface area contributed by atoms with Crippen molar-refractivity contribution in [2.24, 2.45) is 0 Å². The maximum absolute atomic E-state index is 12.2. The Balaban J connectivity index is 1.47. The molecule has 0 saturated carbocycles. The van der Waals surface area contributed by atoms with E-state index in [-0.39, 0.29) is 25.4 Å². The average Bonchev–Trinajstić information content (AvgIpc) is 3.05. The molecule has 0 radical (unpaired) electrons. The second kappa shape index (κ2) is 6.42. The van der Waals surface area contributed by atoms with Crippen LogP contribution in [0, 0.1) is 0 Å². The van der Waals surface area contributed by atoms with E-state index in [1.54, 1.807) is 26.0 Å². The van der Waals surface area contributed by atoms with Gasteiger partial charge in [0.15, 0.2) is 18.2 Å². The molecular formula is C19H25NO7. The number of hydrogen-bond donors (Lipinski definition) is 1. The van der Waals surface area contributed by atoms with Crippen LogP contribution in [0.4, 0.5) is 10.5 Å².